The van der Waals surface area contributed by atoms with E-state index in [2.05, 4.69) is 14.2 Å². The van der Waals surface area contributed by atoms with Crippen LogP contribution in [0.1, 0.15) is 12.5 Å². The molecule has 0 aliphatic heterocycles. The van der Waals surface area contributed by atoms with Gasteiger partial charge in [-0.1, -0.05) is 6.07 Å². The van der Waals surface area contributed by atoms with Gasteiger partial charge in [0.1, 0.15) is 0 Å². The first-order chi connectivity index (χ1) is 9.71. The van der Waals surface area contributed by atoms with E-state index in [0.29, 0.717) is 0 Å². The van der Waals surface area contributed by atoms with Crippen LogP contribution in [0, 0.1) is 0 Å². The van der Waals surface area contributed by atoms with Gasteiger partial charge in [0.05, 0.1) is 13.0 Å². The zero-order valence-electron chi connectivity index (χ0n) is 10.7. The Bertz CT molecular complexity index is 487. The van der Waals surface area contributed by atoms with Crippen molar-refractivity contribution in [2.45, 2.75) is 26.3 Å². The molecule has 9 heteroatoms. The number of hydrogen-bond donors (Lipinski definition) is 0. The van der Waals surface area contributed by atoms with E-state index < -0.39 is 30.4 Å². The van der Waals surface area contributed by atoms with Crippen molar-refractivity contribution in [3.05, 3.63) is 23.8 Å². The molecular formula is C12H11F5O4. The summed E-state index contributed by atoms with van der Waals surface area (Å²) in [4.78, 5) is 11.2. The number of alkyl halides is 5. The maximum atomic E-state index is 12.2. The Morgan fingerprint density at radius 1 is 1.24 bits per heavy atom. The molecule has 0 aromatic heterocycles. The number of esters is 1. The average molecular weight is 314 g/mol. The SMILES string of the molecule is CCOC(=O)Cc1ccc(OC(F)F)c(OC(F)(F)F)c1. The fourth-order valence-corrected chi connectivity index (χ4v) is 1.44. The molecule has 0 aliphatic rings. The smallest absolute Gasteiger partial charge is 0.466 e. The third-order valence-electron chi connectivity index (χ3n) is 2.10. The highest BCUT2D eigenvalue weighted by Crippen LogP contribution is 2.34. The molecule has 4 nitrogen and oxygen atoms in total. The predicted octanol–water partition coefficient (Wildman–Crippen LogP) is 3.29. The van der Waals surface area contributed by atoms with Gasteiger partial charge in [0.25, 0.3) is 0 Å². The van der Waals surface area contributed by atoms with Crippen molar-refractivity contribution in [1.82, 2.24) is 0 Å². The lowest BCUT2D eigenvalue weighted by Crippen LogP contribution is -2.18. The van der Waals surface area contributed by atoms with Gasteiger partial charge < -0.3 is 14.2 Å². The molecule has 0 radical (unpaired) electrons. The van der Waals surface area contributed by atoms with Crippen LogP contribution in [0.25, 0.3) is 0 Å². The van der Waals surface area contributed by atoms with E-state index in [-0.39, 0.29) is 18.6 Å². The molecule has 0 heterocycles. The van der Waals surface area contributed by atoms with E-state index >= 15 is 0 Å². The molecule has 1 aromatic rings. The zero-order chi connectivity index (χ0) is 16.0. The second kappa shape index (κ2) is 7.09. The number of benzene rings is 1. The molecule has 0 saturated carbocycles. The van der Waals surface area contributed by atoms with E-state index in [9.17, 15) is 26.7 Å². The molecule has 1 aromatic carbocycles. The van der Waals surface area contributed by atoms with Crippen molar-refractivity contribution in [2.24, 2.45) is 0 Å². The summed E-state index contributed by atoms with van der Waals surface area (Å²) in [6.07, 6.45) is -5.40. The molecule has 0 atom stereocenters. The first-order valence-electron chi connectivity index (χ1n) is 5.70. The highest BCUT2D eigenvalue weighted by Gasteiger charge is 2.33. The van der Waals surface area contributed by atoms with E-state index in [1.165, 1.54) is 0 Å². The third kappa shape index (κ3) is 6.28. The Kier molecular flexibility index (Phi) is 5.74. The van der Waals surface area contributed by atoms with Gasteiger partial charge in [-0.3, -0.25) is 4.79 Å². The number of carbonyl (C=O) groups is 1. The Morgan fingerprint density at radius 2 is 1.90 bits per heavy atom. The van der Waals surface area contributed by atoms with Crippen LogP contribution in [0.15, 0.2) is 18.2 Å². The second-order valence-corrected chi connectivity index (χ2v) is 3.69. The molecule has 1 rings (SSSR count). The Labute approximate surface area is 116 Å². The minimum Gasteiger partial charge on any atom is -0.466 e. The molecule has 0 unspecified atom stereocenters. The van der Waals surface area contributed by atoms with Crippen LogP contribution >= 0.6 is 0 Å². The Hall–Kier alpha value is -2.06. The van der Waals surface area contributed by atoms with Crippen LogP contribution < -0.4 is 9.47 Å². The van der Waals surface area contributed by atoms with Gasteiger partial charge in [-0.05, 0) is 24.6 Å². The van der Waals surface area contributed by atoms with E-state index in [1.807, 2.05) is 0 Å². The van der Waals surface area contributed by atoms with Gasteiger partial charge in [-0.2, -0.15) is 8.78 Å². The van der Waals surface area contributed by atoms with Gasteiger partial charge in [-0.15, -0.1) is 13.2 Å². The molecule has 21 heavy (non-hydrogen) atoms. The summed E-state index contributed by atoms with van der Waals surface area (Å²) in [5.41, 5.74) is 0.106. The fourth-order valence-electron chi connectivity index (χ4n) is 1.44. The monoisotopic (exact) mass is 314 g/mol. The molecule has 0 aliphatic carbocycles. The maximum absolute atomic E-state index is 12.2. The van der Waals surface area contributed by atoms with Gasteiger partial charge in [0.15, 0.2) is 11.5 Å². The van der Waals surface area contributed by atoms with Crippen molar-refractivity contribution < 1.29 is 41.0 Å². The van der Waals surface area contributed by atoms with Crippen LogP contribution in [-0.2, 0) is 16.0 Å². The van der Waals surface area contributed by atoms with Crippen molar-refractivity contribution in [3.63, 3.8) is 0 Å². The van der Waals surface area contributed by atoms with Crippen molar-refractivity contribution in [1.29, 1.82) is 0 Å². The van der Waals surface area contributed by atoms with Crippen LogP contribution in [0.2, 0.25) is 0 Å². The molecule has 0 fully saturated rings. The molecule has 118 valence electrons. The van der Waals surface area contributed by atoms with Gasteiger partial charge >= 0.3 is 18.9 Å². The standard InChI is InChI=1S/C12H11F5O4/c1-2-19-10(18)6-7-3-4-8(20-11(13)14)9(5-7)21-12(15,16)17/h3-5,11H,2,6H2,1H3. The highest BCUT2D eigenvalue weighted by molar-refractivity contribution is 5.72. The molecular weight excluding hydrogens is 303 g/mol. The summed E-state index contributed by atoms with van der Waals surface area (Å²) in [7, 11) is 0. The lowest BCUT2D eigenvalue weighted by atomic mass is 10.1. The fraction of sp³-hybridized carbons (Fsp3) is 0.417. The minimum atomic E-state index is -5.08. The number of halogens is 5. The van der Waals surface area contributed by atoms with Crippen molar-refractivity contribution in [2.75, 3.05) is 6.61 Å². The van der Waals surface area contributed by atoms with E-state index in [0.717, 1.165) is 18.2 Å². The van der Waals surface area contributed by atoms with Crippen molar-refractivity contribution in [3.8, 4) is 11.5 Å². The topological polar surface area (TPSA) is 44.8 Å². The number of rotatable bonds is 6. The van der Waals surface area contributed by atoms with Crippen LogP contribution in [-0.4, -0.2) is 25.6 Å². The lowest BCUT2D eigenvalue weighted by molar-refractivity contribution is -0.275. The Balaban J connectivity index is 2.99. The van der Waals surface area contributed by atoms with Crippen LogP contribution in [0.4, 0.5) is 22.0 Å². The molecule has 0 amide bonds. The normalized spacial score (nSPS) is 11.4. The van der Waals surface area contributed by atoms with Crippen LogP contribution in [0.5, 0.6) is 11.5 Å². The largest absolute Gasteiger partial charge is 0.573 e. The first-order valence-corrected chi connectivity index (χ1v) is 5.70. The molecule has 0 spiro atoms. The number of hydrogen-bond acceptors (Lipinski definition) is 4. The number of carbonyl (C=O) groups excluding carboxylic acids is 1. The van der Waals surface area contributed by atoms with Gasteiger partial charge in [0.2, 0.25) is 0 Å². The van der Waals surface area contributed by atoms with Gasteiger partial charge in [0, 0.05) is 0 Å². The van der Waals surface area contributed by atoms with E-state index in [4.69, 9.17) is 0 Å². The summed E-state index contributed by atoms with van der Waals surface area (Å²) < 4.78 is 73.0. The predicted molar refractivity (Wildman–Crippen MR) is 60.1 cm³/mol. The molecule has 0 N–H and O–H groups in total. The first kappa shape index (κ1) is 17.0. The zero-order valence-corrected chi connectivity index (χ0v) is 10.7. The van der Waals surface area contributed by atoms with Gasteiger partial charge in [-0.25, -0.2) is 0 Å². The Morgan fingerprint density at radius 3 is 2.43 bits per heavy atom. The minimum absolute atomic E-state index is 0.106. The molecule has 0 saturated heterocycles. The highest BCUT2D eigenvalue weighted by atomic mass is 19.4. The second-order valence-electron chi connectivity index (χ2n) is 3.69. The molecule has 0 bridgehead atoms. The summed E-state index contributed by atoms with van der Waals surface area (Å²) in [6.45, 7) is -1.64. The van der Waals surface area contributed by atoms with E-state index in [1.54, 1.807) is 6.92 Å². The third-order valence-corrected chi connectivity index (χ3v) is 2.10. The van der Waals surface area contributed by atoms with Crippen LogP contribution in [0.3, 0.4) is 0 Å². The summed E-state index contributed by atoms with van der Waals surface area (Å²) in [6, 6.07) is 2.82. The average Bonchev–Trinajstić information content (AvgIpc) is 2.30. The quantitative estimate of drug-likeness (QED) is 0.597. The number of ether oxygens (including phenoxy) is 3. The van der Waals surface area contributed by atoms with Crippen molar-refractivity contribution >= 4 is 5.97 Å². The summed E-state index contributed by atoms with van der Waals surface area (Å²) in [5, 5.41) is 0. The summed E-state index contributed by atoms with van der Waals surface area (Å²) >= 11 is 0. The summed E-state index contributed by atoms with van der Waals surface area (Å²) in [5.74, 6) is -2.41. The lowest BCUT2D eigenvalue weighted by Gasteiger charge is -2.14. The maximum Gasteiger partial charge on any atom is 0.573 e.